The molecule has 0 aromatic heterocycles. The number of aryl methyl sites for hydroxylation is 1. The van der Waals surface area contributed by atoms with Crippen LogP contribution in [0.2, 0.25) is 0 Å². The first-order valence-electron chi connectivity index (χ1n) is 9.04. The molecule has 0 bridgehead atoms. The second kappa shape index (κ2) is 6.52. The lowest BCUT2D eigenvalue weighted by molar-refractivity contribution is 0.168. The molecule has 1 aromatic carbocycles. The zero-order valence-electron chi connectivity index (χ0n) is 13.8. The minimum absolute atomic E-state index is 0.402. The van der Waals surface area contributed by atoms with Crippen LogP contribution >= 0.6 is 0 Å². The molecule has 1 atom stereocenters. The van der Waals surface area contributed by atoms with E-state index >= 15 is 0 Å². The van der Waals surface area contributed by atoms with E-state index in [1.165, 1.54) is 57.9 Å². The van der Waals surface area contributed by atoms with Crippen molar-refractivity contribution in [2.75, 3.05) is 6.54 Å². The highest BCUT2D eigenvalue weighted by Gasteiger charge is 2.42. The SMILES string of the molecule is CC(C)NCC1(C2CCCCC2)CCCc2ccccc21. The Labute approximate surface area is 130 Å². The van der Waals surface area contributed by atoms with E-state index in [0.717, 1.165) is 5.92 Å². The van der Waals surface area contributed by atoms with Gasteiger partial charge in [-0.1, -0.05) is 57.4 Å². The van der Waals surface area contributed by atoms with Crippen molar-refractivity contribution in [3.8, 4) is 0 Å². The van der Waals surface area contributed by atoms with Crippen molar-refractivity contribution in [3.05, 3.63) is 35.4 Å². The summed E-state index contributed by atoms with van der Waals surface area (Å²) in [7, 11) is 0. The Morgan fingerprint density at radius 1 is 1.10 bits per heavy atom. The van der Waals surface area contributed by atoms with E-state index in [-0.39, 0.29) is 0 Å². The van der Waals surface area contributed by atoms with Crippen LogP contribution in [0.4, 0.5) is 0 Å². The molecule has 1 saturated carbocycles. The largest absolute Gasteiger partial charge is 0.314 e. The van der Waals surface area contributed by atoms with E-state index in [2.05, 4.69) is 43.4 Å². The Hall–Kier alpha value is -0.820. The molecule has 1 unspecified atom stereocenters. The summed E-state index contributed by atoms with van der Waals surface area (Å²) in [6, 6.07) is 9.88. The Kier molecular flexibility index (Phi) is 4.69. The van der Waals surface area contributed by atoms with E-state index in [0.29, 0.717) is 11.5 Å². The maximum Gasteiger partial charge on any atom is 0.0109 e. The Morgan fingerprint density at radius 3 is 2.62 bits per heavy atom. The number of benzene rings is 1. The lowest BCUT2D eigenvalue weighted by Gasteiger charge is -2.47. The van der Waals surface area contributed by atoms with E-state index in [1.807, 2.05) is 0 Å². The molecular formula is C20H31N. The van der Waals surface area contributed by atoms with E-state index in [4.69, 9.17) is 0 Å². The van der Waals surface area contributed by atoms with Crippen LogP contribution in [0.5, 0.6) is 0 Å². The molecule has 21 heavy (non-hydrogen) atoms. The van der Waals surface area contributed by atoms with Crippen molar-refractivity contribution >= 4 is 0 Å². The maximum absolute atomic E-state index is 3.79. The zero-order chi connectivity index (χ0) is 14.7. The Morgan fingerprint density at radius 2 is 1.86 bits per heavy atom. The van der Waals surface area contributed by atoms with Gasteiger partial charge in [-0.15, -0.1) is 0 Å². The van der Waals surface area contributed by atoms with Gasteiger partial charge in [0.2, 0.25) is 0 Å². The second-order valence-electron chi connectivity index (χ2n) is 7.54. The van der Waals surface area contributed by atoms with Gasteiger partial charge in [0, 0.05) is 18.0 Å². The molecule has 1 heteroatoms. The van der Waals surface area contributed by atoms with E-state index in [1.54, 1.807) is 11.1 Å². The molecule has 3 rings (SSSR count). The molecule has 1 nitrogen and oxygen atoms in total. The van der Waals surface area contributed by atoms with Gasteiger partial charge in [-0.2, -0.15) is 0 Å². The molecule has 1 fully saturated rings. The summed E-state index contributed by atoms with van der Waals surface area (Å²) >= 11 is 0. The summed E-state index contributed by atoms with van der Waals surface area (Å²) in [4.78, 5) is 0. The first-order chi connectivity index (χ1) is 10.2. The highest BCUT2D eigenvalue weighted by molar-refractivity contribution is 5.38. The summed E-state index contributed by atoms with van der Waals surface area (Å²) in [6.07, 6.45) is 11.2. The summed E-state index contributed by atoms with van der Waals surface area (Å²) in [5.41, 5.74) is 3.70. The lowest BCUT2D eigenvalue weighted by Crippen LogP contribution is -2.48. The maximum atomic E-state index is 3.79. The predicted octanol–water partition coefficient (Wildman–Crippen LogP) is 4.84. The molecule has 0 radical (unpaired) electrons. The molecular weight excluding hydrogens is 254 g/mol. The average molecular weight is 285 g/mol. The van der Waals surface area contributed by atoms with Crippen molar-refractivity contribution < 1.29 is 0 Å². The van der Waals surface area contributed by atoms with Crippen molar-refractivity contribution in [1.82, 2.24) is 5.32 Å². The smallest absolute Gasteiger partial charge is 0.0109 e. The summed E-state index contributed by atoms with van der Waals surface area (Å²) in [6.45, 7) is 5.74. The molecule has 0 amide bonds. The van der Waals surface area contributed by atoms with Gasteiger partial charge in [-0.3, -0.25) is 0 Å². The molecule has 1 aromatic rings. The quantitative estimate of drug-likeness (QED) is 0.834. The predicted molar refractivity (Wildman–Crippen MR) is 90.8 cm³/mol. The molecule has 0 heterocycles. The van der Waals surface area contributed by atoms with Gasteiger partial charge in [-0.25, -0.2) is 0 Å². The van der Waals surface area contributed by atoms with Crippen molar-refractivity contribution in [2.45, 2.75) is 76.7 Å². The third kappa shape index (κ3) is 3.04. The van der Waals surface area contributed by atoms with Gasteiger partial charge in [0.05, 0.1) is 0 Å². The molecule has 1 N–H and O–H groups in total. The highest BCUT2D eigenvalue weighted by Crippen LogP contribution is 2.47. The fraction of sp³-hybridized carbons (Fsp3) is 0.700. The molecule has 0 spiro atoms. The van der Waals surface area contributed by atoms with Crippen LogP contribution in [-0.4, -0.2) is 12.6 Å². The summed E-state index contributed by atoms with van der Waals surface area (Å²) in [5.74, 6) is 0.888. The number of hydrogen-bond acceptors (Lipinski definition) is 1. The van der Waals surface area contributed by atoms with Crippen LogP contribution in [0.1, 0.15) is 69.9 Å². The standard InChI is InChI=1S/C20H31N/c1-16(2)21-15-20(18-11-4-3-5-12-18)14-8-10-17-9-6-7-13-19(17)20/h6-7,9,13,16,18,21H,3-5,8,10-12,14-15H2,1-2H3. The monoisotopic (exact) mass is 285 g/mol. The highest BCUT2D eigenvalue weighted by atomic mass is 14.9. The fourth-order valence-electron chi connectivity index (χ4n) is 4.75. The van der Waals surface area contributed by atoms with Crippen molar-refractivity contribution in [3.63, 3.8) is 0 Å². The van der Waals surface area contributed by atoms with Crippen LogP contribution in [0.15, 0.2) is 24.3 Å². The lowest BCUT2D eigenvalue weighted by atomic mass is 9.59. The van der Waals surface area contributed by atoms with Crippen molar-refractivity contribution in [2.24, 2.45) is 5.92 Å². The third-order valence-corrected chi connectivity index (χ3v) is 5.84. The van der Waals surface area contributed by atoms with Gasteiger partial charge in [0.1, 0.15) is 0 Å². The van der Waals surface area contributed by atoms with Crippen LogP contribution in [0.25, 0.3) is 0 Å². The van der Waals surface area contributed by atoms with Crippen LogP contribution in [0.3, 0.4) is 0 Å². The fourth-order valence-corrected chi connectivity index (χ4v) is 4.75. The number of hydrogen-bond donors (Lipinski definition) is 1. The van der Waals surface area contributed by atoms with Gasteiger partial charge < -0.3 is 5.32 Å². The molecule has 0 saturated heterocycles. The molecule has 0 aliphatic heterocycles. The van der Waals surface area contributed by atoms with Gasteiger partial charge in [0.15, 0.2) is 0 Å². The van der Waals surface area contributed by atoms with Crippen LogP contribution < -0.4 is 5.32 Å². The molecule has 2 aliphatic rings. The first-order valence-corrected chi connectivity index (χ1v) is 9.04. The second-order valence-corrected chi connectivity index (χ2v) is 7.54. The van der Waals surface area contributed by atoms with Gasteiger partial charge >= 0.3 is 0 Å². The topological polar surface area (TPSA) is 12.0 Å². The molecule has 2 aliphatic carbocycles. The normalized spacial score (nSPS) is 26.8. The number of fused-ring (bicyclic) bond motifs is 1. The van der Waals surface area contributed by atoms with E-state index in [9.17, 15) is 0 Å². The average Bonchev–Trinajstić information content (AvgIpc) is 2.53. The van der Waals surface area contributed by atoms with Crippen LogP contribution in [0, 0.1) is 5.92 Å². The minimum Gasteiger partial charge on any atom is -0.314 e. The van der Waals surface area contributed by atoms with Crippen LogP contribution in [-0.2, 0) is 11.8 Å². The Bertz CT molecular complexity index is 459. The van der Waals surface area contributed by atoms with Crippen molar-refractivity contribution in [1.29, 1.82) is 0 Å². The zero-order valence-corrected chi connectivity index (χ0v) is 13.8. The molecule has 116 valence electrons. The minimum atomic E-state index is 0.402. The van der Waals surface area contributed by atoms with Gasteiger partial charge in [-0.05, 0) is 49.1 Å². The summed E-state index contributed by atoms with van der Waals surface area (Å²) < 4.78 is 0. The first kappa shape index (κ1) is 15.1. The van der Waals surface area contributed by atoms with E-state index < -0.39 is 0 Å². The Balaban J connectivity index is 1.96. The summed E-state index contributed by atoms with van der Waals surface area (Å²) in [5, 5.41) is 3.79. The number of rotatable bonds is 4. The van der Waals surface area contributed by atoms with Gasteiger partial charge in [0.25, 0.3) is 0 Å². The third-order valence-electron chi connectivity index (χ3n) is 5.84. The number of nitrogens with one attached hydrogen (secondary N) is 1.